The van der Waals surface area contributed by atoms with E-state index in [1.807, 2.05) is 0 Å². The van der Waals surface area contributed by atoms with Crippen LogP contribution in [0, 0.1) is 5.92 Å². The molecule has 1 atom stereocenters. The van der Waals surface area contributed by atoms with E-state index in [1.165, 1.54) is 18.9 Å². The maximum absolute atomic E-state index is 10.8. The number of hydrogen-bond acceptors (Lipinski definition) is 2. The lowest BCUT2D eigenvalue weighted by Gasteiger charge is -2.13. The van der Waals surface area contributed by atoms with Crippen molar-refractivity contribution in [3.63, 3.8) is 0 Å². The van der Waals surface area contributed by atoms with E-state index < -0.39 is 0 Å². The van der Waals surface area contributed by atoms with E-state index in [0.717, 1.165) is 12.8 Å². The molecule has 0 amide bonds. The molecular weight excluding hydrogens is 244 g/mol. The second kappa shape index (κ2) is 10.8. The maximum atomic E-state index is 10.8. The normalized spacial score (nSPS) is 11.3. The molecule has 0 aromatic rings. The Morgan fingerprint density at radius 2 is 2.14 bits per heavy atom. The molecular formula is C11H21BrO2. The van der Waals surface area contributed by atoms with Gasteiger partial charge in [-0.1, -0.05) is 39.7 Å². The number of esters is 1. The largest absolute Gasteiger partial charge is 0.462 e. The van der Waals surface area contributed by atoms with Gasteiger partial charge in [-0.15, -0.1) is 17.0 Å². The van der Waals surface area contributed by atoms with Gasteiger partial charge >= 0.3 is 5.97 Å². The first-order valence-electron chi connectivity index (χ1n) is 5.03. The quantitative estimate of drug-likeness (QED) is 0.520. The second-order valence-electron chi connectivity index (χ2n) is 3.25. The fraction of sp³-hybridized carbons (Fsp3) is 0.727. The fourth-order valence-corrected chi connectivity index (χ4v) is 1.16. The smallest absolute Gasteiger partial charge is 0.330 e. The molecule has 0 fully saturated rings. The zero-order valence-electron chi connectivity index (χ0n) is 9.12. The number of ether oxygens (including phenoxy) is 1. The highest BCUT2D eigenvalue weighted by Crippen LogP contribution is 2.12. The van der Waals surface area contributed by atoms with Crippen molar-refractivity contribution >= 4 is 23.0 Å². The van der Waals surface area contributed by atoms with Crippen LogP contribution in [0.2, 0.25) is 0 Å². The van der Waals surface area contributed by atoms with Crippen LogP contribution < -0.4 is 0 Å². The van der Waals surface area contributed by atoms with E-state index in [9.17, 15) is 4.79 Å². The van der Waals surface area contributed by atoms with Crippen LogP contribution in [0.3, 0.4) is 0 Å². The van der Waals surface area contributed by atoms with Crippen LogP contribution >= 0.6 is 17.0 Å². The lowest BCUT2D eigenvalue weighted by molar-refractivity contribution is -0.139. The predicted molar refractivity (Wildman–Crippen MR) is 64.8 cm³/mol. The van der Waals surface area contributed by atoms with Gasteiger partial charge < -0.3 is 4.74 Å². The summed E-state index contributed by atoms with van der Waals surface area (Å²) in [6.07, 6.45) is 5.85. The standard InChI is InChI=1S/C11H20O2.BrH/c1-4-7-8-10(5-2)9-13-11(12)6-3;/h6,10H,3-5,7-9H2,1-2H3;1H. The summed E-state index contributed by atoms with van der Waals surface area (Å²) < 4.78 is 4.98. The van der Waals surface area contributed by atoms with Crippen molar-refractivity contribution < 1.29 is 9.53 Å². The minimum Gasteiger partial charge on any atom is -0.462 e. The number of carbonyl (C=O) groups excluding carboxylic acids is 1. The second-order valence-corrected chi connectivity index (χ2v) is 3.25. The molecule has 84 valence electrons. The number of hydrogen-bond donors (Lipinski definition) is 0. The van der Waals surface area contributed by atoms with Crippen molar-refractivity contribution in [3.8, 4) is 0 Å². The molecule has 0 heterocycles. The van der Waals surface area contributed by atoms with Gasteiger partial charge in [0.05, 0.1) is 6.61 Å². The van der Waals surface area contributed by atoms with E-state index in [1.54, 1.807) is 0 Å². The minimum atomic E-state index is -0.310. The van der Waals surface area contributed by atoms with Gasteiger partial charge in [-0.25, -0.2) is 4.79 Å². The van der Waals surface area contributed by atoms with Crippen molar-refractivity contribution in [2.24, 2.45) is 5.92 Å². The summed E-state index contributed by atoms with van der Waals surface area (Å²) in [4.78, 5) is 10.8. The van der Waals surface area contributed by atoms with Crippen molar-refractivity contribution in [3.05, 3.63) is 12.7 Å². The van der Waals surface area contributed by atoms with Crippen LogP contribution in [0.4, 0.5) is 0 Å². The minimum absolute atomic E-state index is 0. The Bertz CT molecular complexity index is 157. The van der Waals surface area contributed by atoms with Crippen molar-refractivity contribution in [1.29, 1.82) is 0 Å². The van der Waals surface area contributed by atoms with E-state index in [2.05, 4.69) is 20.4 Å². The maximum Gasteiger partial charge on any atom is 0.330 e. The molecule has 14 heavy (non-hydrogen) atoms. The Kier molecular flexibility index (Phi) is 12.4. The summed E-state index contributed by atoms with van der Waals surface area (Å²) in [6, 6.07) is 0. The van der Waals surface area contributed by atoms with Crippen LogP contribution in [-0.4, -0.2) is 12.6 Å². The highest BCUT2D eigenvalue weighted by atomic mass is 79.9. The van der Waals surface area contributed by atoms with Crippen molar-refractivity contribution in [2.45, 2.75) is 39.5 Å². The van der Waals surface area contributed by atoms with Gasteiger partial charge in [0, 0.05) is 6.08 Å². The van der Waals surface area contributed by atoms with E-state index in [0.29, 0.717) is 12.5 Å². The molecule has 0 saturated carbocycles. The van der Waals surface area contributed by atoms with Crippen molar-refractivity contribution in [2.75, 3.05) is 6.61 Å². The third-order valence-electron chi connectivity index (χ3n) is 2.17. The molecule has 0 N–H and O–H groups in total. The fourth-order valence-electron chi connectivity index (χ4n) is 1.16. The highest BCUT2D eigenvalue weighted by Gasteiger charge is 2.07. The Hall–Kier alpha value is -0.310. The molecule has 0 bridgehead atoms. The topological polar surface area (TPSA) is 26.3 Å². The number of unbranched alkanes of at least 4 members (excludes halogenated alkanes) is 1. The van der Waals surface area contributed by atoms with Gasteiger partial charge in [-0.2, -0.15) is 0 Å². The lowest BCUT2D eigenvalue weighted by Crippen LogP contribution is -2.12. The summed E-state index contributed by atoms with van der Waals surface area (Å²) in [7, 11) is 0. The monoisotopic (exact) mass is 264 g/mol. The summed E-state index contributed by atoms with van der Waals surface area (Å²) >= 11 is 0. The molecule has 0 aliphatic heterocycles. The van der Waals surface area contributed by atoms with Crippen LogP contribution in [0.1, 0.15) is 39.5 Å². The molecule has 0 aromatic carbocycles. The average Bonchev–Trinajstić information content (AvgIpc) is 2.17. The van der Waals surface area contributed by atoms with Gasteiger partial charge in [-0.3, -0.25) is 0 Å². The van der Waals surface area contributed by atoms with Crippen LogP contribution in [-0.2, 0) is 9.53 Å². The molecule has 0 spiro atoms. The molecule has 0 rings (SSSR count). The summed E-state index contributed by atoms with van der Waals surface area (Å²) in [5.74, 6) is 0.207. The van der Waals surface area contributed by atoms with Gasteiger partial charge in [0.15, 0.2) is 0 Å². The number of carbonyl (C=O) groups is 1. The Morgan fingerprint density at radius 1 is 1.50 bits per heavy atom. The van der Waals surface area contributed by atoms with E-state index in [-0.39, 0.29) is 23.0 Å². The van der Waals surface area contributed by atoms with E-state index in [4.69, 9.17) is 4.74 Å². The van der Waals surface area contributed by atoms with Crippen LogP contribution in [0.15, 0.2) is 12.7 Å². The van der Waals surface area contributed by atoms with E-state index >= 15 is 0 Å². The first-order chi connectivity index (χ1) is 6.24. The van der Waals surface area contributed by atoms with Crippen LogP contribution in [0.25, 0.3) is 0 Å². The molecule has 0 radical (unpaired) electrons. The Balaban J connectivity index is 0. The molecule has 0 aromatic heterocycles. The zero-order chi connectivity index (χ0) is 10.1. The lowest BCUT2D eigenvalue weighted by atomic mass is 10.0. The Morgan fingerprint density at radius 3 is 2.57 bits per heavy atom. The zero-order valence-corrected chi connectivity index (χ0v) is 10.8. The molecule has 1 unspecified atom stereocenters. The average molecular weight is 265 g/mol. The van der Waals surface area contributed by atoms with Gasteiger partial charge in [0.2, 0.25) is 0 Å². The molecule has 0 aliphatic carbocycles. The van der Waals surface area contributed by atoms with Crippen LogP contribution in [0.5, 0.6) is 0 Å². The molecule has 3 heteroatoms. The molecule has 0 saturated heterocycles. The number of halogens is 1. The third kappa shape index (κ3) is 8.30. The van der Waals surface area contributed by atoms with Crippen molar-refractivity contribution in [1.82, 2.24) is 0 Å². The first-order valence-corrected chi connectivity index (χ1v) is 5.03. The first kappa shape index (κ1) is 16.1. The number of rotatable bonds is 7. The van der Waals surface area contributed by atoms with Gasteiger partial charge in [0.25, 0.3) is 0 Å². The SMILES string of the molecule is Br.C=CC(=O)OCC(CC)CCCC. The van der Waals surface area contributed by atoms with Gasteiger partial charge in [0.1, 0.15) is 0 Å². The third-order valence-corrected chi connectivity index (χ3v) is 2.17. The molecule has 2 nitrogen and oxygen atoms in total. The predicted octanol–water partition coefficient (Wildman–Crippen LogP) is 3.51. The highest BCUT2D eigenvalue weighted by molar-refractivity contribution is 8.93. The Labute approximate surface area is 97.5 Å². The molecule has 0 aliphatic rings. The summed E-state index contributed by atoms with van der Waals surface area (Å²) in [5, 5.41) is 0. The summed E-state index contributed by atoms with van der Waals surface area (Å²) in [5.41, 5.74) is 0. The van der Waals surface area contributed by atoms with Gasteiger partial charge in [-0.05, 0) is 12.3 Å². The summed E-state index contributed by atoms with van der Waals surface area (Å²) in [6.45, 7) is 8.19.